The summed E-state index contributed by atoms with van der Waals surface area (Å²) in [6.07, 6.45) is 3.96. The van der Waals surface area contributed by atoms with E-state index in [4.69, 9.17) is 16.3 Å². The van der Waals surface area contributed by atoms with Crippen LogP contribution in [0, 0.1) is 0 Å². The molecule has 0 saturated carbocycles. The van der Waals surface area contributed by atoms with Crippen LogP contribution in [0.5, 0.6) is 5.75 Å². The number of hydrogen-bond acceptors (Lipinski definition) is 4. The fraction of sp³-hybridized carbons (Fsp3) is 0.611. The number of piperidine rings is 1. The van der Waals surface area contributed by atoms with Gasteiger partial charge in [0.25, 0.3) is 5.91 Å². The quantitative estimate of drug-likeness (QED) is 0.904. The average molecular weight is 353 g/mol. The molecule has 2 fully saturated rings. The third-order valence-corrected chi connectivity index (χ3v) is 5.25. The predicted octanol–water partition coefficient (Wildman–Crippen LogP) is 2.41. The van der Waals surface area contributed by atoms with Gasteiger partial charge in [-0.3, -0.25) is 4.79 Å². The number of nitrogens with zero attached hydrogens (tertiary/aromatic N) is 2. The maximum Gasteiger partial charge on any atom is 0.254 e. The zero-order chi connectivity index (χ0) is 17.2. The third kappa shape index (κ3) is 3.85. The number of β-amino-alcohol motifs (C(OH)–C–C–N with tert-alkyl or cyclic N) is 1. The van der Waals surface area contributed by atoms with Gasteiger partial charge < -0.3 is 19.6 Å². The Morgan fingerprint density at radius 2 is 2.04 bits per heavy atom. The van der Waals surface area contributed by atoms with Crippen LogP contribution in [0.3, 0.4) is 0 Å². The molecule has 1 N–H and O–H groups in total. The maximum atomic E-state index is 12.8. The zero-order valence-electron chi connectivity index (χ0n) is 14.1. The highest BCUT2D eigenvalue weighted by Gasteiger charge is 2.37. The number of amides is 1. The van der Waals surface area contributed by atoms with E-state index >= 15 is 0 Å². The second-order valence-corrected chi connectivity index (χ2v) is 7.29. The Kier molecular flexibility index (Phi) is 5.33. The Labute approximate surface area is 148 Å². The molecule has 24 heavy (non-hydrogen) atoms. The second-order valence-electron chi connectivity index (χ2n) is 6.89. The van der Waals surface area contributed by atoms with E-state index in [9.17, 15) is 9.90 Å². The van der Waals surface area contributed by atoms with Crippen LogP contribution in [-0.2, 0) is 0 Å². The number of likely N-dealkylation sites (tertiary alicyclic amines) is 2. The van der Waals surface area contributed by atoms with E-state index < -0.39 is 5.60 Å². The standard InChI is InChI=1S/C18H25ClN2O3/c1-24-16-6-5-14(11-15(16)19)17(22)21-10-4-7-18(23,13-21)12-20-8-2-3-9-20/h5-6,11,23H,2-4,7-10,12-13H2,1H3. The Hall–Kier alpha value is -1.30. The van der Waals surface area contributed by atoms with Crippen LogP contribution >= 0.6 is 11.6 Å². The lowest BCUT2D eigenvalue weighted by atomic mass is 9.91. The molecule has 5 nitrogen and oxygen atoms in total. The van der Waals surface area contributed by atoms with Crippen LogP contribution in [0.25, 0.3) is 0 Å². The van der Waals surface area contributed by atoms with Gasteiger partial charge >= 0.3 is 0 Å². The summed E-state index contributed by atoms with van der Waals surface area (Å²) in [5, 5.41) is 11.4. The molecule has 0 radical (unpaired) electrons. The fourth-order valence-corrected chi connectivity index (χ4v) is 4.01. The molecule has 2 saturated heterocycles. The first kappa shape index (κ1) is 17.5. The van der Waals surface area contributed by atoms with Gasteiger partial charge in [0.1, 0.15) is 5.75 Å². The molecule has 1 atom stereocenters. The fourth-order valence-electron chi connectivity index (χ4n) is 3.75. The Balaban J connectivity index is 1.69. The van der Waals surface area contributed by atoms with Crippen LogP contribution in [0.1, 0.15) is 36.0 Å². The summed E-state index contributed by atoms with van der Waals surface area (Å²) in [6, 6.07) is 5.06. The summed E-state index contributed by atoms with van der Waals surface area (Å²) >= 11 is 6.13. The third-order valence-electron chi connectivity index (χ3n) is 4.96. The molecule has 2 aliphatic rings. The van der Waals surface area contributed by atoms with Gasteiger partial charge in [0.15, 0.2) is 0 Å². The van der Waals surface area contributed by atoms with Crippen molar-refractivity contribution in [2.75, 3.05) is 39.8 Å². The van der Waals surface area contributed by atoms with Crippen LogP contribution in [-0.4, -0.2) is 66.2 Å². The molecule has 0 aliphatic carbocycles. The highest BCUT2D eigenvalue weighted by Crippen LogP contribution is 2.28. The van der Waals surface area contributed by atoms with Gasteiger partial charge in [0, 0.05) is 18.7 Å². The lowest BCUT2D eigenvalue weighted by molar-refractivity contribution is -0.0431. The number of ether oxygens (including phenoxy) is 1. The topological polar surface area (TPSA) is 53.0 Å². The molecule has 1 aromatic carbocycles. The second kappa shape index (κ2) is 7.30. The van der Waals surface area contributed by atoms with Crippen molar-refractivity contribution in [2.45, 2.75) is 31.3 Å². The van der Waals surface area contributed by atoms with Gasteiger partial charge in [-0.1, -0.05) is 11.6 Å². The van der Waals surface area contributed by atoms with Crippen molar-refractivity contribution in [3.63, 3.8) is 0 Å². The van der Waals surface area contributed by atoms with Crippen LogP contribution in [0.4, 0.5) is 0 Å². The largest absolute Gasteiger partial charge is 0.495 e. The Bertz CT molecular complexity index is 604. The molecule has 0 aromatic heterocycles. The molecule has 0 spiro atoms. The van der Waals surface area contributed by atoms with Crippen molar-refractivity contribution >= 4 is 17.5 Å². The minimum atomic E-state index is -0.811. The molecule has 1 aromatic rings. The van der Waals surface area contributed by atoms with Crippen molar-refractivity contribution in [2.24, 2.45) is 0 Å². The first-order chi connectivity index (χ1) is 11.5. The van der Waals surface area contributed by atoms with Crippen molar-refractivity contribution in [3.8, 4) is 5.75 Å². The molecular formula is C18H25ClN2O3. The highest BCUT2D eigenvalue weighted by atomic mass is 35.5. The first-order valence-electron chi connectivity index (χ1n) is 8.58. The maximum absolute atomic E-state index is 12.8. The molecule has 6 heteroatoms. The van der Waals surface area contributed by atoms with Crippen molar-refractivity contribution in [3.05, 3.63) is 28.8 Å². The lowest BCUT2D eigenvalue weighted by Gasteiger charge is -2.41. The summed E-state index contributed by atoms with van der Waals surface area (Å²) in [6.45, 7) is 3.80. The van der Waals surface area contributed by atoms with Crippen molar-refractivity contribution in [1.82, 2.24) is 9.80 Å². The monoisotopic (exact) mass is 352 g/mol. The van der Waals surface area contributed by atoms with E-state index in [1.807, 2.05) is 0 Å². The number of benzene rings is 1. The van der Waals surface area contributed by atoms with Gasteiger partial charge in [-0.05, 0) is 57.0 Å². The lowest BCUT2D eigenvalue weighted by Crippen LogP contribution is -2.55. The van der Waals surface area contributed by atoms with E-state index in [-0.39, 0.29) is 5.91 Å². The average Bonchev–Trinajstić information content (AvgIpc) is 3.06. The predicted molar refractivity (Wildman–Crippen MR) is 93.8 cm³/mol. The molecule has 2 heterocycles. The van der Waals surface area contributed by atoms with Gasteiger partial charge in [-0.2, -0.15) is 0 Å². The number of hydrogen-bond donors (Lipinski definition) is 1. The summed E-state index contributed by atoms with van der Waals surface area (Å²) in [5.74, 6) is 0.469. The molecule has 1 amide bonds. The molecule has 3 rings (SSSR count). The van der Waals surface area contributed by atoms with E-state index in [1.165, 1.54) is 12.8 Å². The minimum Gasteiger partial charge on any atom is -0.495 e. The van der Waals surface area contributed by atoms with E-state index in [0.717, 1.165) is 25.9 Å². The molecule has 132 valence electrons. The Morgan fingerprint density at radius 3 is 2.71 bits per heavy atom. The number of carbonyl (C=O) groups excluding carboxylic acids is 1. The van der Waals surface area contributed by atoms with Crippen LogP contribution < -0.4 is 4.74 Å². The molecule has 0 bridgehead atoms. The number of halogens is 1. The van der Waals surface area contributed by atoms with Gasteiger partial charge in [0.2, 0.25) is 0 Å². The zero-order valence-corrected chi connectivity index (χ0v) is 14.9. The number of rotatable bonds is 4. The number of carbonyl (C=O) groups is 1. The molecular weight excluding hydrogens is 328 g/mol. The van der Waals surface area contributed by atoms with Gasteiger partial charge in [0.05, 0.1) is 24.3 Å². The minimum absolute atomic E-state index is 0.0842. The van der Waals surface area contributed by atoms with E-state index in [2.05, 4.69) is 4.90 Å². The SMILES string of the molecule is COc1ccc(C(=O)N2CCCC(O)(CN3CCCC3)C2)cc1Cl. The van der Waals surface area contributed by atoms with Crippen LogP contribution in [0.15, 0.2) is 18.2 Å². The number of methoxy groups -OCH3 is 1. The van der Waals surface area contributed by atoms with E-state index in [1.54, 1.807) is 30.2 Å². The van der Waals surface area contributed by atoms with Gasteiger partial charge in [-0.15, -0.1) is 0 Å². The summed E-state index contributed by atoms with van der Waals surface area (Å²) in [4.78, 5) is 16.8. The van der Waals surface area contributed by atoms with Crippen molar-refractivity contribution in [1.29, 1.82) is 0 Å². The van der Waals surface area contributed by atoms with E-state index in [0.29, 0.717) is 36.0 Å². The van der Waals surface area contributed by atoms with Crippen molar-refractivity contribution < 1.29 is 14.6 Å². The summed E-state index contributed by atoms with van der Waals surface area (Å²) in [5.41, 5.74) is -0.277. The van der Waals surface area contributed by atoms with Crippen LogP contribution in [0.2, 0.25) is 5.02 Å². The van der Waals surface area contributed by atoms with Gasteiger partial charge in [-0.25, -0.2) is 0 Å². The highest BCUT2D eigenvalue weighted by molar-refractivity contribution is 6.32. The normalized spacial score (nSPS) is 25.0. The molecule has 2 aliphatic heterocycles. The Morgan fingerprint density at radius 1 is 1.29 bits per heavy atom. The summed E-state index contributed by atoms with van der Waals surface area (Å²) in [7, 11) is 1.55. The summed E-state index contributed by atoms with van der Waals surface area (Å²) < 4.78 is 5.13. The molecule has 1 unspecified atom stereocenters. The first-order valence-corrected chi connectivity index (χ1v) is 8.96. The smallest absolute Gasteiger partial charge is 0.254 e. The number of aliphatic hydroxyl groups is 1.